The number of hydrogen-bond acceptors (Lipinski definition) is 5. The summed E-state index contributed by atoms with van der Waals surface area (Å²) in [5.74, 6) is 0.924. The van der Waals surface area contributed by atoms with Gasteiger partial charge in [-0.15, -0.1) is 0 Å². The Balaban J connectivity index is 1.97. The molecule has 0 bridgehead atoms. The number of nitrogens with one attached hydrogen (secondary N) is 2. The lowest BCUT2D eigenvalue weighted by molar-refractivity contribution is 0.619. The number of pyridine rings is 1. The molecule has 134 valence electrons. The number of anilines is 3. The number of hydrogen-bond donors (Lipinski definition) is 2. The Hall–Kier alpha value is -3.02. The maximum atomic E-state index is 13.5. The zero-order valence-electron chi connectivity index (χ0n) is 15.1. The van der Waals surface area contributed by atoms with Crippen LogP contribution < -0.4 is 10.6 Å². The number of nitrogens with zero attached hydrogens (tertiary/aromatic N) is 3. The first-order chi connectivity index (χ1) is 12.5. The molecule has 26 heavy (non-hydrogen) atoms. The summed E-state index contributed by atoms with van der Waals surface area (Å²) in [6.45, 7) is 5.91. The van der Waals surface area contributed by atoms with E-state index in [1.807, 2.05) is 24.3 Å². The van der Waals surface area contributed by atoms with Crippen molar-refractivity contribution >= 4 is 17.5 Å². The number of halogens is 1. The number of rotatable bonds is 6. The molecule has 6 heteroatoms. The summed E-state index contributed by atoms with van der Waals surface area (Å²) in [5, 5.41) is 6.53. The lowest BCUT2D eigenvalue weighted by atomic mass is 10.2. The molecule has 0 fully saturated rings. The van der Waals surface area contributed by atoms with Gasteiger partial charge in [0, 0.05) is 24.0 Å². The SMILES string of the molecule is CC[C@@H](C)Nc1nc(Nc2ccc(F)c(C)c2)cc(-c2ccccn2)n1. The maximum absolute atomic E-state index is 13.5. The summed E-state index contributed by atoms with van der Waals surface area (Å²) in [5.41, 5.74) is 2.82. The molecule has 5 nitrogen and oxygen atoms in total. The van der Waals surface area contributed by atoms with Crippen LogP contribution in [0.2, 0.25) is 0 Å². The predicted octanol–water partition coefficient (Wildman–Crippen LogP) is 4.94. The van der Waals surface area contributed by atoms with Crippen molar-refractivity contribution in [1.82, 2.24) is 15.0 Å². The highest BCUT2D eigenvalue weighted by Crippen LogP contribution is 2.23. The first-order valence-electron chi connectivity index (χ1n) is 8.65. The summed E-state index contributed by atoms with van der Waals surface area (Å²) in [6.07, 6.45) is 2.69. The topological polar surface area (TPSA) is 62.7 Å². The Morgan fingerprint density at radius 3 is 2.62 bits per heavy atom. The van der Waals surface area contributed by atoms with Gasteiger partial charge in [-0.2, -0.15) is 4.98 Å². The Labute approximate surface area is 152 Å². The van der Waals surface area contributed by atoms with Crippen LogP contribution in [-0.4, -0.2) is 21.0 Å². The Morgan fingerprint density at radius 2 is 1.92 bits per heavy atom. The molecule has 1 atom stereocenters. The summed E-state index contributed by atoms with van der Waals surface area (Å²) in [6, 6.07) is 12.6. The van der Waals surface area contributed by atoms with Crippen LogP contribution >= 0.6 is 0 Å². The van der Waals surface area contributed by atoms with Gasteiger partial charge in [-0.05, 0) is 56.2 Å². The molecule has 0 saturated heterocycles. The van der Waals surface area contributed by atoms with Gasteiger partial charge < -0.3 is 10.6 Å². The van der Waals surface area contributed by atoms with Gasteiger partial charge in [0.2, 0.25) is 5.95 Å². The van der Waals surface area contributed by atoms with E-state index in [4.69, 9.17) is 0 Å². The highest BCUT2D eigenvalue weighted by Gasteiger charge is 2.10. The third kappa shape index (κ3) is 4.33. The minimum Gasteiger partial charge on any atom is -0.352 e. The largest absolute Gasteiger partial charge is 0.352 e. The number of aromatic nitrogens is 3. The molecule has 0 saturated carbocycles. The standard InChI is InChI=1S/C20H22FN5/c1-4-14(3)23-20-25-18(17-7-5-6-10-22-17)12-19(26-20)24-15-8-9-16(21)13(2)11-15/h5-12,14H,4H2,1-3H3,(H2,23,24,25,26)/t14-/m1/s1. The molecule has 2 aromatic heterocycles. The summed E-state index contributed by atoms with van der Waals surface area (Å²) >= 11 is 0. The molecule has 3 aromatic rings. The van der Waals surface area contributed by atoms with E-state index in [0.29, 0.717) is 23.0 Å². The highest BCUT2D eigenvalue weighted by atomic mass is 19.1. The molecule has 0 aliphatic heterocycles. The molecule has 2 N–H and O–H groups in total. The summed E-state index contributed by atoms with van der Waals surface area (Å²) in [7, 11) is 0. The lowest BCUT2D eigenvalue weighted by Gasteiger charge is -2.14. The zero-order chi connectivity index (χ0) is 18.5. The molecule has 0 radical (unpaired) electrons. The van der Waals surface area contributed by atoms with Crippen LogP contribution in [0, 0.1) is 12.7 Å². The van der Waals surface area contributed by atoms with E-state index in [1.165, 1.54) is 6.07 Å². The van der Waals surface area contributed by atoms with Gasteiger partial charge in [-0.25, -0.2) is 9.37 Å². The van der Waals surface area contributed by atoms with Crippen LogP contribution in [-0.2, 0) is 0 Å². The quantitative estimate of drug-likeness (QED) is 0.658. The minimum atomic E-state index is -0.230. The second-order valence-electron chi connectivity index (χ2n) is 6.22. The third-order valence-corrected chi connectivity index (χ3v) is 4.07. The van der Waals surface area contributed by atoms with Gasteiger partial charge in [0.15, 0.2) is 0 Å². The van der Waals surface area contributed by atoms with E-state index >= 15 is 0 Å². The molecule has 3 rings (SSSR count). The first-order valence-corrected chi connectivity index (χ1v) is 8.65. The maximum Gasteiger partial charge on any atom is 0.225 e. The molecule has 2 heterocycles. The van der Waals surface area contributed by atoms with Crippen LogP contribution in [0.1, 0.15) is 25.8 Å². The van der Waals surface area contributed by atoms with Crippen LogP contribution in [0.5, 0.6) is 0 Å². The van der Waals surface area contributed by atoms with E-state index in [0.717, 1.165) is 17.8 Å². The zero-order valence-corrected chi connectivity index (χ0v) is 15.1. The van der Waals surface area contributed by atoms with Crippen LogP contribution in [0.4, 0.5) is 21.8 Å². The van der Waals surface area contributed by atoms with Crippen molar-refractivity contribution in [2.45, 2.75) is 33.2 Å². The number of aryl methyl sites for hydroxylation is 1. The van der Waals surface area contributed by atoms with Gasteiger partial charge in [-0.1, -0.05) is 13.0 Å². The lowest BCUT2D eigenvalue weighted by Crippen LogP contribution is -2.16. The minimum absolute atomic E-state index is 0.230. The second kappa shape index (κ2) is 7.91. The average Bonchev–Trinajstić information content (AvgIpc) is 2.65. The van der Waals surface area contributed by atoms with Crippen molar-refractivity contribution in [1.29, 1.82) is 0 Å². The van der Waals surface area contributed by atoms with E-state index in [2.05, 4.69) is 39.4 Å². The van der Waals surface area contributed by atoms with E-state index in [9.17, 15) is 4.39 Å². The molecule has 1 aromatic carbocycles. The van der Waals surface area contributed by atoms with Gasteiger partial charge in [-0.3, -0.25) is 4.98 Å². The first kappa shape index (κ1) is 17.8. The van der Waals surface area contributed by atoms with Gasteiger partial charge in [0.05, 0.1) is 11.4 Å². The van der Waals surface area contributed by atoms with Gasteiger partial charge in [0.1, 0.15) is 11.6 Å². The predicted molar refractivity (Wildman–Crippen MR) is 103 cm³/mol. The molecular formula is C20H22FN5. The van der Waals surface area contributed by atoms with Crippen molar-refractivity contribution in [3.05, 3.63) is 60.0 Å². The summed E-state index contributed by atoms with van der Waals surface area (Å²) in [4.78, 5) is 13.5. The van der Waals surface area contributed by atoms with E-state index < -0.39 is 0 Å². The second-order valence-corrected chi connectivity index (χ2v) is 6.22. The molecule has 0 amide bonds. The summed E-state index contributed by atoms with van der Waals surface area (Å²) < 4.78 is 13.5. The normalized spacial score (nSPS) is 11.8. The smallest absolute Gasteiger partial charge is 0.225 e. The molecular weight excluding hydrogens is 329 g/mol. The Kier molecular flexibility index (Phi) is 5.41. The molecule has 0 unspecified atom stereocenters. The van der Waals surface area contributed by atoms with Crippen LogP contribution in [0.15, 0.2) is 48.7 Å². The van der Waals surface area contributed by atoms with Crippen molar-refractivity contribution in [3.63, 3.8) is 0 Å². The highest BCUT2D eigenvalue weighted by molar-refractivity contribution is 5.65. The van der Waals surface area contributed by atoms with E-state index in [-0.39, 0.29) is 11.9 Å². The van der Waals surface area contributed by atoms with Crippen molar-refractivity contribution < 1.29 is 4.39 Å². The van der Waals surface area contributed by atoms with E-state index in [1.54, 1.807) is 25.3 Å². The molecule has 0 aliphatic carbocycles. The third-order valence-electron chi connectivity index (χ3n) is 4.07. The fraction of sp³-hybridized carbons (Fsp3) is 0.250. The van der Waals surface area contributed by atoms with Gasteiger partial charge in [0.25, 0.3) is 0 Å². The molecule has 0 aliphatic rings. The average molecular weight is 351 g/mol. The van der Waals surface area contributed by atoms with Crippen molar-refractivity contribution in [2.75, 3.05) is 10.6 Å². The molecule has 0 spiro atoms. The van der Waals surface area contributed by atoms with Crippen LogP contribution in [0.25, 0.3) is 11.4 Å². The fourth-order valence-electron chi connectivity index (χ4n) is 2.41. The van der Waals surface area contributed by atoms with Crippen molar-refractivity contribution in [3.8, 4) is 11.4 Å². The Bertz CT molecular complexity index is 883. The Morgan fingerprint density at radius 1 is 1.08 bits per heavy atom. The van der Waals surface area contributed by atoms with Gasteiger partial charge >= 0.3 is 0 Å². The van der Waals surface area contributed by atoms with Crippen LogP contribution in [0.3, 0.4) is 0 Å². The fourth-order valence-corrected chi connectivity index (χ4v) is 2.41. The monoisotopic (exact) mass is 351 g/mol. The van der Waals surface area contributed by atoms with Crippen molar-refractivity contribution in [2.24, 2.45) is 0 Å². The number of benzene rings is 1.